The highest BCUT2D eigenvalue weighted by Gasteiger charge is 2.25. The molecule has 1 aliphatic heterocycles. The molecule has 0 N–H and O–H groups in total. The lowest BCUT2D eigenvalue weighted by Crippen LogP contribution is -2.03. The molecule has 0 radical (unpaired) electrons. The van der Waals surface area contributed by atoms with Crippen molar-refractivity contribution >= 4 is 21.5 Å². The maximum atomic E-state index is 6.59. The SMILES string of the molecule is CCCCOc1cc(C)c(C#Cc2cc(-c3ccc4c5c(ccc4c3)OCOc3ccc4cc(-c6cc(C#Cc7c(C)cc(OCCCC)cc7C)c(-c7ccccc7)cc6C#Cc6c(C)cc(OCCCC)cc6C)ccc4c3-5)c(C#Cc3c(C)cc(OCCCC)cc3C)cc2-c2ccccc2)c(C)c1. The number of fused-ring (bicyclic) bond motifs is 7. The highest BCUT2D eigenvalue weighted by Crippen LogP contribution is 2.49. The number of hydrogen-bond acceptors (Lipinski definition) is 6. The van der Waals surface area contributed by atoms with E-state index in [1.165, 1.54) is 0 Å². The summed E-state index contributed by atoms with van der Waals surface area (Å²) in [4.78, 5) is 0. The lowest BCUT2D eigenvalue weighted by Gasteiger charge is -2.17. The normalized spacial score (nSPS) is 11.3. The number of hydrogen-bond donors (Lipinski definition) is 0. The molecule has 0 saturated heterocycles. The van der Waals surface area contributed by atoms with E-state index in [2.05, 4.69) is 325 Å². The van der Waals surface area contributed by atoms with Gasteiger partial charge in [0.25, 0.3) is 0 Å². The molecule has 0 amide bonds. The molecule has 0 saturated carbocycles. The van der Waals surface area contributed by atoms with Crippen LogP contribution in [0.3, 0.4) is 0 Å². The Bertz CT molecular complexity index is 5170. The van der Waals surface area contributed by atoms with Crippen molar-refractivity contribution in [2.45, 2.75) is 134 Å². The first-order valence-electron chi connectivity index (χ1n) is 38.1. The predicted octanol–water partition coefficient (Wildman–Crippen LogP) is 24.8. The highest BCUT2D eigenvalue weighted by molar-refractivity contribution is 6.11. The molecule has 6 heteroatoms. The number of rotatable bonds is 20. The maximum Gasteiger partial charge on any atom is 0.230 e. The van der Waals surface area contributed by atoms with Crippen LogP contribution in [-0.2, 0) is 0 Å². The fourth-order valence-corrected chi connectivity index (χ4v) is 14.3. The van der Waals surface area contributed by atoms with Crippen LogP contribution in [0.4, 0.5) is 0 Å². The van der Waals surface area contributed by atoms with Crippen LogP contribution in [0, 0.1) is 103 Å². The van der Waals surface area contributed by atoms with E-state index in [9.17, 15) is 0 Å². The molecule has 0 fully saturated rings. The molecular weight excluding hydrogens is 1310 g/mol. The molecule has 0 atom stereocenters. The predicted molar refractivity (Wildman–Crippen MR) is 444 cm³/mol. The zero-order chi connectivity index (χ0) is 74.5. The maximum absolute atomic E-state index is 6.59. The Kier molecular flexibility index (Phi) is 23.3. The minimum absolute atomic E-state index is 0.0549. The van der Waals surface area contributed by atoms with E-state index in [-0.39, 0.29) is 6.79 Å². The summed E-state index contributed by atoms with van der Waals surface area (Å²) in [7, 11) is 0. The third kappa shape index (κ3) is 16.8. The molecule has 6 nitrogen and oxygen atoms in total. The van der Waals surface area contributed by atoms with Gasteiger partial charge in [-0.2, -0.15) is 0 Å². The molecule has 0 bridgehead atoms. The summed E-state index contributed by atoms with van der Waals surface area (Å²) in [6.07, 6.45) is 8.29. The minimum atomic E-state index is 0.0549. The van der Waals surface area contributed by atoms with E-state index in [0.29, 0.717) is 26.4 Å². The van der Waals surface area contributed by atoms with Crippen molar-refractivity contribution in [3.63, 3.8) is 0 Å². The summed E-state index contributed by atoms with van der Waals surface area (Å²) >= 11 is 0. The van der Waals surface area contributed by atoms with Gasteiger partial charge in [0.1, 0.15) is 34.5 Å². The van der Waals surface area contributed by atoms with E-state index >= 15 is 0 Å². The number of unbranched alkanes of at least 4 members (excludes halogenated alkanes) is 4. The number of ether oxygens (including phenoxy) is 6. The minimum Gasteiger partial charge on any atom is -0.494 e. The zero-order valence-electron chi connectivity index (χ0n) is 64.1. The fraction of sp³-hybridized carbons (Fsp3) is 0.248. The van der Waals surface area contributed by atoms with Crippen LogP contribution in [0.25, 0.3) is 77.2 Å². The van der Waals surface area contributed by atoms with Gasteiger partial charge in [0.15, 0.2) is 0 Å². The molecule has 0 aliphatic carbocycles. The molecule has 13 rings (SSSR count). The number of aryl methyl sites for hydroxylation is 8. The van der Waals surface area contributed by atoms with Gasteiger partial charge < -0.3 is 28.4 Å². The molecule has 0 spiro atoms. The van der Waals surface area contributed by atoms with Crippen molar-refractivity contribution in [1.29, 1.82) is 0 Å². The van der Waals surface area contributed by atoms with E-state index in [0.717, 1.165) is 252 Å². The van der Waals surface area contributed by atoms with Crippen LogP contribution in [-0.4, -0.2) is 33.2 Å². The van der Waals surface area contributed by atoms with E-state index in [4.69, 9.17) is 28.4 Å². The third-order valence-electron chi connectivity index (χ3n) is 20.1. The summed E-state index contributed by atoms with van der Waals surface area (Å²) in [5.41, 5.74) is 26.0. The average Bonchev–Trinajstić information content (AvgIpc) is 1.73. The smallest absolute Gasteiger partial charge is 0.230 e. The second-order valence-corrected chi connectivity index (χ2v) is 28.3. The Morgan fingerprint density at radius 3 is 0.822 bits per heavy atom. The summed E-state index contributed by atoms with van der Waals surface area (Å²) in [5, 5.41) is 4.11. The van der Waals surface area contributed by atoms with Crippen molar-refractivity contribution < 1.29 is 28.4 Å². The standard InChI is InChI=1S/C101H94O6/c1-13-17-47-102-84-51-66(5)88(67(6)52-84)39-31-80-63-96(82(61-94(80)74-27-23-21-24-28-74)33-41-90-70(9)55-86(56-71(90)10)104-49-19-15-3)78-35-43-92-76(59-78)37-45-98-100(92)101-93-44-36-79(60-77(93)38-46-99(101)107-65-106-98)97-64-81(32-40-89-68(7)53-85(54-69(89)8)103-48-18-14-2)95(75-29-25-22-26-30-75)62-83(97)34-42-91-72(11)57-87(58-73(91)12)105-50-20-16-4/h21-30,35-38,43-46,51-64H,13-20,47-50,65H2,1-12H3. The number of benzene rings is 12. The lowest BCUT2D eigenvalue weighted by molar-refractivity contribution is 0.125. The average molecular weight is 1400 g/mol. The van der Waals surface area contributed by atoms with Gasteiger partial charge in [-0.05, 0) is 289 Å². The van der Waals surface area contributed by atoms with Crippen LogP contribution < -0.4 is 28.4 Å². The van der Waals surface area contributed by atoms with Crippen molar-refractivity contribution in [1.82, 2.24) is 0 Å². The van der Waals surface area contributed by atoms with Crippen LogP contribution in [0.2, 0.25) is 0 Å². The van der Waals surface area contributed by atoms with Gasteiger partial charge in [0.05, 0.1) is 26.4 Å². The van der Waals surface area contributed by atoms with E-state index < -0.39 is 0 Å². The second kappa shape index (κ2) is 34.0. The fourth-order valence-electron chi connectivity index (χ4n) is 14.3. The van der Waals surface area contributed by atoms with Gasteiger partial charge in [-0.15, -0.1) is 0 Å². The van der Waals surface area contributed by atoms with Crippen molar-refractivity contribution in [2.24, 2.45) is 0 Å². The summed E-state index contributed by atoms with van der Waals surface area (Å²) in [6, 6.07) is 69.0. The van der Waals surface area contributed by atoms with E-state index in [1.54, 1.807) is 0 Å². The summed E-state index contributed by atoms with van der Waals surface area (Å²) in [6.45, 7) is 28.5. The Labute approximate surface area is 634 Å². The van der Waals surface area contributed by atoms with Crippen LogP contribution in [0.5, 0.6) is 34.5 Å². The molecule has 12 aromatic rings. The molecule has 12 aromatic carbocycles. The summed E-state index contributed by atoms with van der Waals surface area (Å²) in [5.74, 6) is 34.6. The Balaban J connectivity index is 0.963. The van der Waals surface area contributed by atoms with Crippen molar-refractivity contribution in [3.8, 4) is 137 Å². The van der Waals surface area contributed by atoms with Crippen LogP contribution in [0.1, 0.15) is 168 Å². The van der Waals surface area contributed by atoms with Gasteiger partial charge in [-0.3, -0.25) is 0 Å². The van der Waals surface area contributed by atoms with Gasteiger partial charge in [0.2, 0.25) is 6.79 Å². The Morgan fingerprint density at radius 1 is 0.280 bits per heavy atom. The molecule has 0 aromatic heterocycles. The molecule has 1 aliphatic rings. The van der Waals surface area contributed by atoms with Gasteiger partial charge in [-0.25, -0.2) is 0 Å². The second-order valence-electron chi connectivity index (χ2n) is 28.3. The Hall–Kier alpha value is -11.8. The summed E-state index contributed by atoms with van der Waals surface area (Å²) < 4.78 is 38.0. The molecule has 534 valence electrons. The van der Waals surface area contributed by atoms with Crippen LogP contribution in [0.15, 0.2) is 194 Å². The molecule has 1 heterocycles. The zero-order valence-corrected chi connectivity index (χ0v) is 64.1. The van der Waals surface area contributed by atoms with Gasteiger partial charge in [-0.1, -0.05) is 198 Å². The van der Waals surface area contributed by atoms with E-state index in [1.807, 2.05) is 0 Å². The molecular formula is C101H94O6. The molecule has 107 heavy (non-hydrogen) atoms. The first-order chi connectivity index (χ1) is 52.2. The monoisotopic (exact) mass is 1400 g/mol. The quantitative estimate of drug-likeness (QED) is 0.0560. The van der Waals surface area contributed by atoms with Crippen LogP contribution >= 0.6 is 0 Å². The largest absolute Gasteiger partial charge is 0.494 e. The first kappa shape index (κ1) is 73.5. The lowest BCUT2D eigenvalue weighted by atomic mass is 9.87. The van der Waals surface area contributed by atoms with Crippen molar-refractivity contribution in [3.05, 3.63) is 283 Å². The first-order valence-corrected chi connectivity index (χ1v) is 38.1. The van der Waals surface area contributed by atoms with Gasteiger partial charge >= 0.3 is 0 Å². The van der Waals surface area contributed by atoms with Crippen molar-refractivity contribution in [2.75, 3.05) is 33.2 Å². The third-order valence-corrected chi connectivity index (χ3v) is 20.1. The molecule has 0 unspecified atom stereocenters. The highest BCUT2D eigenvalue weighted by atomic mass is 16.7. The van der Waals surface area contributed by atoms with Gasteiger partial charge in [0, 0.05) is 55.6 Å². The Morgan fingerprint density at radius 2 is 0.551 bits per heavy atom. The topological polar surface area (TPSA) is 55.4 Å².